The van der Waals surface area contributed by atoms with Crippen molar-refractivity contribution in [2.45, 2.75) is 69.8 Å². The molecule has 0 radical (unpaired) electrons. The number of nitrogens with zero attached hydrogens (tertiary/aromatic N) is 2. The molecule has 30 heavy (non-hydrogen) atoms. The lowest BCUT2D eigenvalue weighted by molar-refractivity contribution is -0.112. The van der Waals surface area contributed by atoms with Gasteiger partial charge in [-0.3, -0.25) is 0 Å². The van der Waals surface area contributed by atoms with Crippen LogP contribution in [-0.4, -0.2) is 59.8 Å². The van der Waals surface area contributed by atoms with E-state index in [0.29, 0.717) is 28.3 Å². The summed E-state index contributed by atoms with van der Waals surface area (Å²) < 4.78 is 0. The van der Waals surface area contributed by atoms with Gasteiger partial charge in [0.05, 0.1) is 5.60 Å². The van der Waals surface area contributed by atoms with E-state index in [-0.39, 0.29) is 0 Å². The maximum Gasteiger partial charge on any atom is 0.0768 e. The topological polar surface area (TPSA) is 26.7 Å². The molecule has 0 aromatic heterocycles. The smallest absolute Gasteiger partial charge is 0.0768 e. The minimum atomic E-state index is -0.704. The summed E-state index contributed by atoms with van der Waals surface area (Å²) in [6.07, 6.45) is 12.0. The van der Waals surface area contributed by atoms with Crippen LogP contribution in [0.15, 0.2) is 18.2 Å². The molecule has 0 amide bonds. The Morgan fingerprint density at radius 1 is 0.800 bits per heavy atom. The monoisotopic (exact) mass is 452 g/mol. The largest absolute Gasteiger partial charge is 0.389 e. The van der Waals surface area contributed by atoms with Crippen LogP contribution in [0.4, 0.5) is 0 Å². The Hall–Kier alpha value is -0.320. The Morgan fingerprint density at radius 3 is 1.83 bits per heavy atom. The van der Waals surface area contributed by atoms with Gasteiger partial charge in [0.15, 0.2) is 0 Å². The Balaban J connectivity index is 1.56. The highest BCUT2D eigenvalue weighted by atomic mass is 35.5. The van der Waals surface area contributed by atoms with Crippen LogP contribution in [0.2, 0.25) is 10.0 Å². The first kappa shape index (κ1) is 22.9. The van der Waals surface area contributed by atoms with Gasteiger partial charge >= 0.3 is 0 Å². The van der Waals surface area contributed by atoms with Gasteiger partial charge in [0.2, 0.25) is 0 Å². The van der Waals surface area contributed by atoms with Crippen LogP contribution >= 0.6 is 23.2 Å². The summed E-state index contributed by atoms with van der Waals surface area (Å²) in [6.45, 7) is 6.79. The molecule has 2 heterocycles. The summed E-state index contributed by atoms with van der Waals surface area (Å²) >= 11 is 12.7. The summed E-state index contributed by atoms with van der Waals surface area (Å²) in [7, 11) is 0. The number of hydrogen-bond acceptors (Lipinski definition) is 3. The first-order valence-electron chi connectivity index (χ1n) is 12.2. The van der Waals surface area contributed by atoms with Crippen molar-refractivity contribution in [2.24, 2.45) is 11.8 Å². The van der Waals surface area contributed by atoms with Gasteiger partial charge in [-0.15, -0.1) is 0 Å². The lowest BCUT2D eigenvalue weighted by Gasteiger charge is -2.49. The summed E-state index contributed by atoms with van der Waals surface area (Å²) in [4.78, 5) is 5.21. The van der Waals surface area contributed by atoms with Crippen LogP contribution < -0.4 is 0 Å². The molecule has 1 saturated carbocycles. The minimum absolute atomic E-state index is 0.311. The Morgan fingerprint density at radius 2 is 1.33 bits per heavy atom. The molecular formula is C25H38Cl2N2O. The number of piperidine rings is 2. The van der Waals surface area contributed by atoms with Gasteiger partial charge in [-0.1, -0.05) is 48.5 Å². The first-order chi connectivity index (χ1) is 14.5. The fourth-order valence-corrected chi connectivity index (χ4v) is 6.58. The van der Waals surface area contributed by atoms with E-state index in [1.54, 1.807) is 0 Å². The second-order valence-electron chi connectivity index (χ2n) is 9.95. The van der Waals surface area contributed by atoms with Crippen LogP contribution in [0.1, 0.15) is 63.4 Å². The van der Waals surface area contributed by atoms with Crippen LogP contribution in [0.5, 0.6) is 0 Å². The van der Waals surface area contributed by atoms with Crippen molar-refractivity contribution < 1.29 is 5.11 Å². The van der Waals surface area contributed by atoms with Crippen LogP contribution in [0.3, 0.4) is 0 Å². The average Bonchev–Trinajstić information content (AvgIpc) is 2.75. The molecular weight excluding hydrogens is 415 g/mol. The minimum Gasteiger partial charge on any atom is -0.389 e. The highest BCUT2D eigenvalue weighted by Crippen LogP contribution is 2.43. The molecule has 0 spiro atoms. The number of aliphatic hydroxyl groups is 1. The van der Waals surface area contributed by atoms with E-state index in [1.165, 1.54) is 71.1 Å². The van der Waals surface area contributed by atoms with E-state index in [4.69, 9.17) is 23.2 Å². The molecule has 3 fully saturated rings. The van der Waals surface area contributed by atoms with Gasteiger partial charge < -0.3 is 14.9 Å². The van der Waals surface area contributed by atoms with Crippen molar-refractivity contribution in [3.05, 3.63) is 33.8 Å². The molecule has 1 aromatic rings. The number of halogens is 2. The molecule has 5 heteroatoms. The van der Waals surface area contributed by atoms with Gasteiger partial charge in [-0.05, 0) is 82.4 Å². The normalized spacial score (nSPS) is 31.7. The van der Waals surface area contributed by atoms with Crippen molar-refractivity contribution in [3.8, 4) is 0 Å². The van der Waals surface area contributed by atoms with E-state index in [9.17, 15) is 5.11 Å². The van der Waals surface area contributed by atoms with Crippen LogP contribution in [0.25, 0.3) is 0 Å². The van der Waals surface area contributed by atoms with E-state index < -0.39 is 5.60 Å². The third-order valence-corrected chi connectivity index (χ3v) is 8.45. The number of hydrogen-bond donors (Lipinski definition) is 1. The predicted octanol–water partition coefficient (Wildman–Crippen LogP) is 5.66. The van der Waals surface area contributed by atoms with Crippen LogP contribution in [0, 0.1) is 11.8 Å². The molecule has 3 aliphatic rings. The van der Waals surface area contributed by atoms with E-state index in [1.807, 2.05) is 18.2 Å². The van der Waals surface area contributed by atoms with Gasteiger partial charge in [-0.25, -0.2) is 0 Å². The molecule has 0 bridgehead atoms. The Kier molecular flexibility index (Phi) is 8.02. The zero-order valence-corrected chi connectivity index (χ0v) is 19.8. The predicted molar refractivity (Wildman–Crippen MR) is 127 cm³/mol. The number of rotatable bonds is 6. The second-order valence-corrected chi connectivity index (χ2v) is 10.8. The average molecular weight is 453 g/mol. The number of likely N-dealkylation sites (tertiary alicyclic amines) is 2. The molecule has 1 aliphatic carbocycles. The molecule has 2 aliphatic heterocycles. The van der Waals surface area contributed by atoms with Crippen molar-refractivity contribution in [2.75, 3.05) is 39.3 Å². The summed E-state index contributed by atoms with van der Waals surface area (Å²) in [5.74, 6) is 0.622. The van der Waals surface area contributed by atoms with E-state index >= 15 is 0 Å². The molecule has 2 saturated heterocycles. The fourth-order valence-electron chi connectivity index (χ4n) is 6.11. The molecule has 3 nitrogen and oxygen atoms in total. The highest BCUT2D eigenvalue weighted by Gasteiger charge is 2.47. The summed E-state index contributed by atoms with van der Waals surface area (Å²) in [6, 6.07) is 5.76. The Bertz CT molecular complexity index is 658. The van der Waals surface area contributed by atoms with Gasteiger partial charge in [-0.2, -0.15) is 0 Å². The van der Waals surface area contributed by atoms with Crippen molar-refractivity contribution in [3.63, 3.8) is 0 Å². The molecule has 4 rings (SSSR count). The first-order valence-corrected chi connectivity index (χ1v) is 12.9. The third-order valence-electron chi connectivity index (χ3n) is 7.86. The molecule has 1 aromatic carbocycles. The lowest BCUT2D eigenvalue weighted by atomic mass is 9.65. The lowest BCUT2D eigenvalue weighted by Crippen LogP contribution is -2.56. The van der Waals surface area contributed by atoms with E-state index in [2.05, 4.69) is 9.80 Å². The van der Waals surface area contributed by atoms with Gasteiger partial charge in [0.1, 0.15) is 0 Å². The fraction of sp³-hybridized carbons (Fsp3) is 0.760. The van der Waals surface area contributed by atoms with Crippen molar-refractivity contribution in [1.82, 2.24) is 9.80 Å². The number of benzene rings is 1. The molecule has 2 unspecified atom stereocenters. The maximum absolute atomic E-state index is 12.4. The quantitative estimate of drug-likeness (QED) is 0.603. The molecule has 168 valence electrons. The summed E-state index contributed by atoms with van der Waals surface area (Å²) in [5.41, 5.74) is 0.336. The molecule has 1 N–H and O–H groups in total. The van der Waals surface area contributed by atoms with Crippen LogP contribution in [-0.2, 0) is 6.42 Å². The Labute approximate surface area is 192 Å². The molecule has 2 atom stereocenters. The van der Waals surface area contributed by atoms with Crippen molar-refractivity contribution in [1.29, 1.82) is 0 Å². The van der Waals surface area contributed by atoms with Gasteiger partial charge in [0.25, 0.3) is 0 Å². The maximum atomic E-state index is 12.4. The highest BCUT2D eigenvalue weighted by molar-refractivity contribution is 6.35. The SMILES string of the molecule is OC1(Cc2ccc(Cl)cc2Cl)C(CN2CCCCC2)CCCC1CN1CCCCC1. The van der Waals surface area contributed by atoms with Gasteiger partial charge in [0, 0.05) is 41.4 Å². The van der Waals surface area contributed by atoms with E-state index in [0.717, 1.165) is 31.5 Å². The second kappa shape index (κ2) is 10.5. The van der Waals surface area contributed by atoms with Crippen molar-refractivity contribution >= 4 is 23.2 Å². The zero-order valence-electron chi connectivity index (χ0n) is 18.3. The standard InChI is InChI=1S/C25H38Cl2N2O/c26-23-11-10-20(24(27)16-23)17-25(30)21(18-28-12-3-1-4-13-28)8-7-9-22(25)19-29-14-5-2-6-15-29/h10-11,16,21-22,30H,1-9,12-15,17-19H2. The zero-order chi connectivity index (χ0) is 21.0. The third kappa shape index (κ3) is 5.53. The summed E-state index contributed by atoms with van der Waals surface area (Å²) in [5, 5.41) is 13.7.